The molecule has 0 aromatic heterocycles. The lowest BCUT2D eigenvalue weighted by Crippen LogP contribution is -2.38. The highest BCUT2D eigenvalue weighted by Gasteiger charge is 2.25. The van der Waals surface area contributed by atoms with Crippen LogP contribution in [0.4, 0.5) is 0 Å². The van der Waals surface area contributed by atoms with E-state index < -0.39 is 0 Å². The van der Waals surface area contributed by atoms with Gasteiger partial charge in [0.1, 0.15) is 0 Å². The lowest BCUT2D eigenvalue weighted by molar-refractivity contribution is 0.0743. The van der Waals surface area contributed by atoms with E-state index in [0.717, 1.165) is 35.1 Å². The summed E-state index contributed by atoms with van der Waals surface area (Å²) in [5, 5.41) is 3.28. The molecule has 1 unspecified atom stereocenters. The van der Waals surface area contributed by atoms with Gasteiger partial charge in [-0.05, 0) is 47.4 Å². The van der Waals surface area contributed by atoms with Gasteiger partial charge in [-0.15, -0.1) is 0 Å². The van der Waals surface area contributed by atoms with Crippen LogP contribution in [0, 0.1) is 6.92 Å². The highest BCUT2D eigenvalue weighted by molar-refractivity contribution is 9.10. The molecular formula is C13H17BrN2O. The average molecular weight is 297 g/mol. The van der Waals surface area contributed by atoms with Gasteiger partial charge < -0.3 is 10.2 Å². The first kappa shape index (κ1) is 12.6. The molecule has 4 heteroatoms. The molecule has 1 saturated heterocycles. The fourth-order valence-electron chi connectivity index (χ4n) is 2.14. The number of rotatable bonds is 2. The van der Waals surface area contributed by atoms with Gasteiger partial charge in [-0.25, -0.2) is 0 Å². The summed E-state index contributed by atoms with van der Waals surface area (Å²) in [6.07, 6.45) is 1.03. The van der Waals surface area contributed by atoms with Crippen molar-refractivity contribution in [1.29, 1.82) is 0 Å². The van der Waals surface area contributed by atoms with E-state index in [0.29, 0.717) is 6.04 Å². The maximum Gasteiger partial charge on any atom is 0.255 e. The van der Waals surface area contributed by atoms with E-state index in [1.54, 1.807) is 0 Å². The summed E-state index contributed by atoms with van der Waals surface area (Å²) in [5.41, 5.74) is 1.84. The predicted octanol–water partition coefficient (Wildman–Crippen LogP) is 2.19. The minimum atomic E-state index is 0.0919. The number of amides is 1. The summed E-state index contributed by atoms with van der Waals surface area (Å²) in [4.78, 5) is 14.2. The van der Waals surface area contributed by atoms with Crippen molar-refractivity contribution in [3.63, 3.8) is 0 Å². The molecule has 1 N–H and O–H groups in total. The molecule has 1 aromatic rings. The van der Waals surface area contributed by atoms with Crippen molar-refractivity contribution in [1.82, 2.24) is 10.2 Å². The highest BCUT2D eigenvalue weighted by Crippen LogP contribution is 2.23. The molecule has 1 amide bonds. The average Bonchev–Trinajstić information content (AvgIpc) is 2.84. The molecule has 1 aliphatic rings. The van der Waals surface area contributed by atoms with Gasteiger partial charge in [0.05, 0.1) is 5.56 Å². The predicted molar refractivity (Wildman–Crippen MR) is 72.2 cm³/mol. The second-order valence-corrected chi connectivity index (χ2v) is 5.29. The van der Waals surface area contributed by atoms with Crippen molar-refractivity contribution in [3.8, 4) is 0 Å². The van der Waals surface area contributed by atoms with Crippen molar-refractivity contribution in [2.24, 2.45) is 0 Å². The maximum atomic E-state index is 12.4. The number of likely N-dealkylation sites (N-methyl/N-ethyl adjacent to an activating group) is 1. The minimum Gasteiger partial charge on any atom is -0.337 e. The molecule has 1 atom stereocenters. The fourth-order valence-corrected chi connectivity index (χ4v) is 2.57. The van der Waals surface area contributed by atoms with Crippen LogP contribution in [0.5, 0.6) is 0 Å². The smallest absolute Gasteiger partial charge is 0.255 e. The van der Waals surface area contributed by atoms with Crippen LogP contribution in [-0.2, 0) is 0 Å². The zero-order valence-corrected chi connectivity index (χ0v) is 11.8. The Balaban J connectivity index is 2.21. The molecule has 0 radical (unpaired) electrons. The minimum absolute atomic E-state index is 0.0919. The summed E-state index contributed by atoms with van der Waals surface area (Å²) in [6, 6.07) is 6.11. The van der Waals surface area contributed by atoms with Crippen LogP contribution in [0.2, 0.25) is 0 Å². The zero-order valence-electron chi connectivity index (χ0n) is 10.2. The van der Waals surface area contributed by atoms with Crippen molar-refractivity contribution in [2.75, 3.05) is 20.1 Å². The van der Waals surface area contributed by atoms with E-state index in [4.69, 9.17) is 0 Å². The first-order valence-electron chi connectivity index (χ1n) is 5.84. The Bertz CT molecular complexity index is 427. The third-order valence-corrected chi connectivity index (χ3v) is 4.38. The van der Waals surface area contributed by atoms with Gasteiger partial charge in [-0.3, -0.25) is 4.79 Å². The second kappa shape index (κ2) is 5.19. The number of nitrogens with zero attached hydrogens (tertiary/aromatic N) is 1. The highest BCUT2D eigenvalue weighted by atomic mass is 79.9. The Morgan fingerprint density at radius 2 is 2.29 bits per heavy atom. The molecule has 1 fully saturated rings. The van der Waals surface area contributed by atoms with Crippen LogP contribution in [0.25, 0.3) is 0 Å². The summed E-state index contributed by atoms with van der Waals surface area (Å²) < 4.78 is 0.905. The Morgan fingerprint density at radius 1 is 1.53 bits per heavy atom. The topological polar surface area (TPSA) is 32.3 Å². The van der Waals surface area contributed by atoms with Crippen molar-refractivity contribution < 1.29 is 4.79 Å². The lowest BCUT2D eigenvalue weighted by Gasteiger charge is -2.24. The SMILES string of the molecule is Cc1cccc(C(=O)N(C)C2CCNC2)c1Br. The molecule has 0 saturated carbocycles. The molecule has 0 bridgehead atoms. The maximum absolute atomic E-state index is 12.4. The van der Waals surface area contributed by atoms with Crippen LogP contribution in [0.1, 0.15) is 22.3 Å². The molecule has 3 nitrogen and oxygen atoms in total. The van der Waals surface area contributed by atoms with Crippen molar-refractivity contribution in [2.45, 2.75) is 19.4 Å². The van der Waals surface area contributed by atoms with Crippen molar-refractivity contribution >= 4 is 21.8 Å². The number of benzene rings is 1. The van der Waals surface area contributed by atoms with Gasteiger partial charge >= 0.3 is 0 Å². The van der Waals surface area contributed by atoms with Gasteiger partial charge in [0.15, 0.2) is 0 Å². The van der Waals surface area contributed by atoms with Crippen LogP contribution < -0.4 is 5.32 Å². The largest absolute Gasteiger partial charge is 0.337 e. The lowest BCUT2D eigenvalue weighted by atomic mass is 10.1. The number of carbonyl (C=O) groups excluding carboxylic acids is 1. The van der Waals surface area contributed by atoms with Gasteiger partial charge in [0.25, 0.3) is 5.91 Å². The third kappa shape index (κ3) is 2.53. The van der Waals surface area contributed by atoms with E-state index in [9.17, 15) is 4.79 Å². The molecule has 0 aliphatic carbocycles. The van der Waals surface area contributed by atoms with Gasteiger partial charge in [-0.2, -0.15) is 0 Å². The fraction of sp³-hybridized carbons (Fsp3) is 0.462. The number of carbonyl (C=O) groups is 1. The van der Waals surface area contributed by atoms with Crippen LogP contribution in [0.15, 0.2) is 22.7 Å². The normalized spacial score (nSPS) is 19.4. The van der Waals surface area contributed by atoms with E-state index in [1.165, 1.54) is 0 Å². The Labute approximate surface area is 110 Å². The van der Waals surface area contributed by atoms with Gasteiger partial charge in [0, 0.05) is 24.1 Å². The number of hydrogen-bond acceptors (Lipinski definition) is 2. The molecule has 1 aromatic carbocycles. The molecular weight excluding hydrogens is 280 g/mol. The van der Waals surface area contributed by atoms with E-state index in [2.05, 4.69) is 21.2 Å². The zero-order chi connectivity index (χ0) is 12.4. The first-order valence-corrected chi connectivity index (χ1v) is 6.63. The summed E-state index contributed by atoms with van der Waals surface area (Å²) in [7, 11) is 1.88. The van der Waals surface area contributed by atoms with E-state index in [-0.39, 0.29) is 5.91 Å². The first-order chi connectivity index (χ1) is 8.11. The molecule has 0 spiro atoms. The van der Waals surface area contributed by atoms with Crippen LogP contribution >= 0.6 is 15.9 Å². The van der Waals surface area contributed by atoms with Gasteiger partial charge in [0.2, 0.25) is 0 Å². The standard InChI is InChI=1S/C13H17BrN2O/c1-9-4-3-5-11(12(9)14)13(17)16(2)10-6-7-15-8-10/h3-5,10,15H,6-8H2,1-2H3. The third-order valence-electron chi connectivity index (χ3n) is 3.32. The Hall–Kier alpha value is -0.870. The van der Waals surface area contributed by atoms with E-state index >= 15 is 0 Å². The second-order valence-electron chi connectivity index (χ2n) is 4.50. The summed E-state index contributed by atoms with van der Waals surface area (Å²) >= 11 is 3.49. The number of aryl methyl sites for hydroxylation is 1. The monoisotopic (exact) mass is 296 g/mol. The van der Waals surface area contributed by atoms with E-state index in [1.807, 2.05) is 37.1 Å². The summed E-state index contributed by atoms with van der Waals surface area (Å²) in [5.74, 6) is 0.0919. The quantitative estimate of drug-likeness (QED) is 0.907. The van der Waals surface area contributed by atoms with Crippen molar-refractivity contribution in [3.05, 3.63) is 33.8 Å². The molecule has 2 rings (SSSR count). The van der Waals surface area contributed by atoms with Gasteiger partial charge in [-0.1, -0.05) is 12.1 Å². The summed E-state index contributed by atoms with van der Waals surface area (Å²) in [6.45, 7) is 3.89. The Kier molecular flexibility index (Phi) is 3.84. The number of halogens is 1. The molecule has 1 heterocycles. The molecule has 92 valence electrons. The van der Waals surface area contributed by atoms with Crippen LogP contribution in [0.3, 0.4) is 0 Å². The van der Waals surface area contributed by atoms with Crippen LogP contribution in [-0.4, -0.2) is 37.0 Å². The molecule has 1 aliphatic heterocycles. The number of nitrogens with one attached hydrogen (secondary N) is 1. The number of hydrogen-bond donors (Lipinski definition) is 1. The Morgan fingerprint density at radius 3 is 2.94 bits per heavy atom. The molecule has 17 heavy (non-hydrogen) atoms.